The molecule has 1 saturated heterocycles. The molecule has 0 radical (unpaired) electrons. The van der Waals surface area contributed by atoms with Crippen LogP contribution in [0.1, 0.15) is 81.0 Å². The molecule has 0 N–H and O–H groups in total. The fourth-order valence-corrected chi connectivity index (χ4v) is 3.73. The van der Waals surface area contributed by atoms with Crippen LogP contribution in [-0.4, -0.2) is 25.8 Å². The van der Waals surface area contributed by atoms with E-state index in [1.165, 1.54) is 31.0 Å². The predicted molar refractivity (Wildman–Crippen MR) is 125 cm³/mol. The monoisotopic (exact) mass is 458 g/mol. The minimum atomic E-state index is -0.748. The third-order valence-corrected chi connectivity index (χ3v) is 5.72. The number of benzene rings is 2. The molecule has 180 valence electrons. The summed E-state index contributed by atoms with van der Waals surface area (Å²) >= 11 is 0. The van der Waals surface area contributed by atoms with Gasteiger partial charge < -0.3 is 18.9 Å². The van der Waals surface area contributed by atoms with Crippen molar-refractivity contribution in [3.05, 3.63) is 59.4 Å². The van der Waals surface area contributed by atoms with E-state index in [4.69, 9.17) is 18.9 Å². The van der Waals surface area contributed by atoms with Crippen LogP contribution in [0, 0.1) is 11.7 Å². The Bertz CT molecular complexity index is 859. The molecule has 0 unspecified atom stereocenters. The van der Waals surface area contributed by atoms with Gasteiger partial charge in [0.2, 0.25) is 0 Å². The van der Waals surface area contributed by atoms with Gasteiger partial charge in [0.25, 0.3) is 0 Å². The van der Waals surface area contributed by atoms with E-state index in [9.17, 15) is 9.18 Å². The van der Waals surface area contributed by atoms with Crippen LogP contribution >= 0.6 is 0 Å². The van der Waals surface area contributed by atoms with Gasteiger partial charge in [-0.2, -0.15) is 0 Å². The van der Waals surface area contributed by atoms with E-state index in [1.807, 2.05) is 0 Å². The zero-order valence-electron chi connectivity index (χ0n) is 19.7. The molecule has 0 amide bonds. The van der Waals surface area contributed by atoms with E-state index >= 15 is 0 Å². The molecular formula is C27H35FO5. The Labute approximate surface area is 196 Å². The van der Waals surface area contributed by atoms with Crippen LogP contribution in [0.3, 0.4) is 0 Å². The number of halogens is 1. The van der Waals surface area contributed by atoms with Gasteiger partial charge in [0.05, 0.1) is 25.4 Å². The lowest BCUT2D eigenvalue weighted by Gasteiger charge is -2.29. The van der Waals surface area contributed by atoms with E-state index in [0.29, 0.717) is 37.1 Å². The normalized spacial score (nSPS) is 18.2. The molecule has 2 aromatic rings. The standard InChI is InChI=1S/C27H35FO5/c1-3-5-7-9-20-18-31-27(32-19-20)24-15-10-21(17-25(24)28)26(29)33-23-13-11-22(12-14-23)30-16-8-6-4-2/h10-15,17,20,27H,3-9,16,18-19H2,1-2H3. The third kappa shape index (κ3) is 7.83. The number of carbonyl (C=O) groups excluding carboxylic acids is 1. The summed E-state index contributed by atoms with van der Waals surface area (Å²) in [6, 6.07) is 11.1. The Kier molecular flexibility index (Phi) is 10.2. The van der Waals surface area contributed by atoms with Gasteiger partial charge in [-0.05, 0) is 49.2 Å². The van der Waals surface area contributed by atoms with Crippen molar-refractivity contribution in [3.63, 3.8) is 0 Å². The maximum absolute atomic E-state index is 14.7. The van der Waals surface area contributed by atoms with E-state index in [2.05, 4.69) is 13.8 Å². The van der Waals surface area contributed by atoms with E-state index < -0.39 is 18.1 Å². The van der Waals surface area contributed by atoms with Gasteiger partial charge in [0.15, 0.2) is 6.29 Å². The van der Waals surface area contributed by atoms with Crippen LogP contribution in [0.2, 0.25) is 0 Å². The molecule has 1 heterocycles. The molecular weight excluding hydrogens is 423 g/mol. The molecule has 0 atom stereocenters. The third-order valence-electron chi connectivity index (χ3n) is 5.72. The highest BCUT2D eigenvalue weighted by Crippen LogP contribution is 2.29. The largest absolute Gasteiger partial charge is 0.494 e. The number of unbranched alkanes of at least 4 members (excludes halogenated alkanes) is 4. The highest BCUT2D eigenvalue weighted by atomic mass is 19.1. The molecule has 1 aliphatic rings. The van der Waals surface area contributed by atoms with E-state index in [0.717, 1.165) is 37.9 Å². The minimum Gasteiger partial charge on any atom is -0.494 e. The second-order valence-corrected chi connectivity index (χ2v) is 8.51. The summed E-state index contributed by atoms with van der Waals surface area (Å²) in [4.78, 5) is 12.5. The number of hydrogen-bond donors (Lipinski definition) is 0. The first-order valence-electron chi connectivity index (χ1n) is 12.1. The molecule has 5 nitrogen and oxygen atoms in total. The van der Waals surface area contributed by atoms with Gasteiger partial charge in [-0.25, -0.2) is 9.18 Å². The fourth-order valence-electron chi connectivity index (χ4n) is 3.73. The summed E-state index contributed by atoms with van der Waals surface area (Å²) < 4.78 is 37.2. The Morgan fingerprint density at radius 2 is 1.61 bits per heavy atom. The van der Waals surface area contributed by atoms with Crippen molar-refractivity contribution in [2.24, 2.45) is 5.92 Å². The zero-order valence-corrected chi connectivity index (χ0v) is 19.7. The van der Waals surface area contributed by atoms with Crippen molar-refractivity contribution in [1.82, 2.24) is 0 Å². The van der Waals surface area contributed by atoms with Gasteiger partial charge in [-0.3, -0.25) is 0 Å². The molecule has 33 heavy (non-hydrogen) atoms. The summed E-state index contributed by atoms with van der Waals surface area (Å²) in [6.45, 7) is 6.08. The Balaban J connectivity index is 1.50. The molecule has 0 spiro atoms. The van der Waals surface area contributed by atoms with Crippen molar-refractivity contribution in [2.45, 2.75) is 65.1 Å². The smallest absolute Gasteiger partial charge is 0.343 e. The summed E-state index contributed by atoms with van der Waals surface area (Å²) in [6.07, 6.45) is 7.11. The number of hydrogen-bond acceptors (Lipinski definition) is 5. The van der Waals surface area contributed by atoms with Crippen molar-refractivity contribution >= 4 is 5.97 Å². The van der Waals surface area contributed by atoms with Crippen molar-refractivity contribution in [3.8, 4) is 11.5 Å². The lowest BCUT2D eigenvalue weighted by Crippen LogP contribution is -2.27. The average Bonchev–Trinajstić information content (AvgIpc) is 2.83. The fraction of sp³-hybridized carbons (Fsp3) is 0.519. The SMILES string of the molecule is CCCCCOc1ccc(OC(=O)c2ccc(C3OCC(CCCCC)CO3)c(F)c2)cc1. The topological polar surface area (TPSA) is 54.0 Å². The molecule has 3 rings (SSSR count). The van der Waals surface area contributed by atoms with Crippen molar-refractivity contribution in [2.75, 3.05) is 19.8 Å². The molecule has 0 bridgehead atoms. The molecule has 1 aliphatic heterocycles. The second kappa shape index (κ2) is 13.3. The number of rotatable bonds is 12. The van der Waals surface area contributed by atoms with Gasteiger partial charge in [0.1, 0.15) is 17.3 Å². The predicted octanol–water partition coefficient (Wildman–Crippen LogP) is 6.86. The minimum absolute atomic E-state index is 0.129. The molecule has 2 aromatic carbocycles. The first-order valence-corrected chi connectivity index (χ1v) is 12.1. The van der Waals surface area contributed by atoms with Crippen molar-refractivity contribution in [1.29, 1.82) is 0 Å². The Morgan fingerprint density at radius 3 is 2.27 bits per heavy atom. The number of ether oxygens (including phenoxy) is 4. The zero-order chi connectivity index (χ0) is 23.5. The lowest BCUT2D eigenvalue weighted by atomic mass is 10.0. The maximum atomic E-state index is 14.7. The van der Waals surface area contributed by atoms with Crippen LogP contribution in [0.25, 0.3) is 0 Å². The van der Waals surface area contributed by atoms with Gasteiger partial charge in [-0.15, -0.1) is 0 Å². The van der Waals surface area contributed by atoms with Crippen LogP contribution in [-0.2, 0) is 9.47 Å². The summed E-state index contributed by atoms with van der Waals surface area (Å²) in [5.74, 6) is 0.270. The summed E-state index contributed by atoms with van der Waals surface area (Å²) in [7, 11) is 0. The molecule has 0 aromatic heterocycles. The van der Waals surface area contributed by atoms with Gasteiger partial charge >= 0.3 is 5.97 Å². The Hall–Kier alpha value is -2.44. The molecule has 6 heteroatoms. The molecule has 0 saturated carbocycles. The lowest BCUT2D eigenvalue weighted by molar-refractivity contribution is -0.207. The van der Waals surface area contributed by atoms with Crippen LogP contribution < -0.4 is 9.47 Å². The quantitative estimate of drug-likeness (QED) is 0.198. The Morgan fingerprint density at radius 1 is 0.939 bits per heavy atom. The summed E-state index contributed by atoms with van der Waals surface area (Å²) in [5.41, 5.74) is 0.424. The first-order chi connectivity index (χ1) is 16.1. The average molecular weight is 459 g/mol. The summed E-state index contributed by atoms with van der Waals surface area (Å²) in [5, 5.41) is 0. The molecule has 1 fully saturated rings. The number of esters is 1. The molecule has 0 aliphatic carbocycles. The number of carbonyl (C=O) groups is 1. The van der Waals surface area contributed by atoms with Crippen LogP contribution in [0.5, 0.6) is 11.5 Å². The first kappa shape index (κ1) is 25.2. The highest BCUT2D eigenvalue weighted by Gasteiger charge is 2.26. The van der Waals surface area contributed by atoms with E-state index in [-0.39, 0.29) is 5.56 Å². The van der Waals surface area contributed by atoms with E-state index in [1.54, 1.807) is 24.3 Å². The second-order valence-electron chi connectivity index (χ2n) is 8.51. The van der Waals surface area contributed by atoms with Crippen molar-refractivity contribution < 1.29 is 28.1 Å². The van der Waals surface area contributed by atoms with Gasteiger partial charge in [0, 0.05) is 11.5 Å². The maximum Gasteiger partial charge on any atom is 0.343 e. The highest BCUT2D eigenvalue weighted by molar-refractivity contribution is 5.91. The van der Waals surface area contributed by atoms with Gasteiger partial charge in [-0.1, -0.05) is 52.0 Å². The van der Waals surface area contributed by atoms with Crippen LogP contribution in [0.4, 0.5) is 4.39 Å². The van der Waals surface area contributed by atoms with Crippen LogP contribution in [0.15, 0.2) is 42.5 Å².